The van der Waals surface area contributed by atoms with E-state index in [-0.39, 0.29) is 6.10 Å². The monoisotopic (exact) mass is 267 g/mol. The smallest absolute Gasteiger partial charge is 0.233 e. The van der Waals surface area contributed by atoms with Crippen molar-refractivity contribution in [3.8, 4) is 17.1 Å². The van der Waals surface area contributed by atoms with Crippen molar-refractivity contribution < 1.29 is 4.74 Å². The molecule has 0 atom stereocenters. The number of aromatic amines is 1. The number of H-pyrrole nitrogens is 1. The van der Waals surface area contributed by atoms with Crippen LogP contribution in [0.25, 0.3) is 22.2 Å². The van der Waals surface area contributed by atoms with Crippen LogP contribution in [0.3, 0.4) is 0 Å². The van der Waals surface area contributed by atoms with E-state index in [0.717, 1.165) is 16.8 Å². The molecular formula is C16H17N3O. The highest BCUT2D eigenvalue weighted by atomic mass is 16.5. The van der Waals surface area contributed by atoms with E-state index in [4.69, 9.17) is 4.74 Å². The zero-order valence-electron chi connectivity index (χ0n) is 11.8. The maximum absolute atomic E-state index is 5.59. The molecule has 0 saturated heterocycles. The molecule has 4 nitrogen and oxygen atoms in total. The molecule has 0 saturated carbocycles. The van der Waals surface area contributed by atoms with Gasteiger partial charge in [0.25, 0.3) is 0 Å². The molecule has 3 rings (SSSR count). The molecule has 4 heteroatoms. The molecule has 0 fully saturated rings. The van der Waals surface area contributed by atoms with Crippen molar-refractivity contribution in [3.05, 3.63) is 42.4 Å². The Morgan fingerprint density at radius 2 is 2.05 bits per heavy atom. The number of ether oxygens (including phenoxy) is 1. The van der Waals surface area contributed by atoms with E-state index in [1.807, 2.05) is 26.1 Å². The first-order chi connectivity index (χ1) is 9.63. The molecule has 1 N–H and O–H groups in total. The van der Waals surface area contributed by atoms with E-state index >= 15 is 0 Å². The molecule has 0 aliphatic heterocycles. The number of hydrogen-bond acceptors (Lipinski definition) is 3. The first-order valence-corrected chi connectivity index (χ1v) is 6.70. The summed E-state index contributed by atoms with van der Waals surface area (Å²) >= 11 is 0. The summed E-state index contributed by atoms with van der Waals surface area (Å²) in [4.78, 5) is 12.0. The lowest BCUT2D eigenvalue weighted by Gasteiger charge is -2.09. The van der Waals surface area contributed by atoms with Crippen LogP contribution in [0.2, 0.25) is 0 Å². The average molecular weight is 267 g/mol. The van der Waals surface area contributed by atoms with Crippen LogP contribution in [0.4, 0.5) is 0 Å². The molecule has 20 heavy (non-hydrogen) atoms. The summed E-state index contributed by atoms with van der Waals surface area (Å²) in [6, 6.07) is 6.24. The van der Waals surface area contributed by atoms with E-state index in [1.165, 1.54) is 10.9 Å². The summed E-state index contributed by atoms with van der Waals surface area (Å²) in [6.45, 7) is 6.04. The number of hydrogen-bond donors (Lipinski definition) is 1. The second kappa shape index (κ2) is 4.96. The van der Waals surface area contributed by atoms with Crippen molar-refractivity contribution in [2.24, 2.45) is 0 Å². The Kier molecular flexibility index (Phi) is 3.14. The largest absolute Gasteiger partial charge is 0.474 e. The van der Waals surface area contributed by atoms with Gasteiger partial charge in [0, 0.05) is 22.7 Å². The SMILES string of the molecule is Cc1c[nH]c2ccc(-c3cncc(OC(C)C)n3)cc12. The molecule has 1 aromatic carbocycles. The van der Waals surface area contributed by atoms with Crippen molar-refractivity contribution in [1.82, 2.24) is 15.0 Å². The molecule has 102 valence electrons. The summed E-state index contributed by atoms with van der Waals surface area (Å²) in [5, 5.41) is 1.21. The van der Waals surface area contributed by atoms with Crippen LogP contribution >= 0.6 is 0 Å². The fourth-order valence-electron chi connectivity index (χ4n) is 2.20. The summed E-state index contributed by atoms with van der Waals surface area (Å²) in [5.74, 6) is 0.559. The first kappa shape index (κ1) is 12.7. The van der Waals surface area contributed by atoms with Gasteiger partial charge in [0.05, 0.1) is 24.2 Å². The number of benzene rings is 1. The molecule has 3 aromatic rings. The molecule has 0 spiro atoms. The van der Waals surface area contributed by atoms with E-state index < -0.39 is 0 Å². The standard InChI is InChI=1S/C16H17N3O/c1-10(2)20-16-9-17-8-15(19-16)12-4-5-14-13(6-12)11(3)7-18-14/h4-10,18H,1-3H3. The van der Waals surface area contributed by atoms with Crippen LogP contribution in [0.1, 0.15) is 19.4 Å². The minimum absolute atomic E-state index is 0.0916. The third-order valence-electron chi connectivity index (χ3n) is 3.15. The number of aromatic nitrogens is 3. The van der Waals surface area contributed by atoms with Gasteiger partial charge in [0.2, 0.25) is 5.88 Å². The Labute approximate surface area is 117 Å². The van der Waals surface area contributed by atoms with Crippen LogP contribution in [-0.4, -0.2) is 21.1 Å². The van der Waals surface area contributed by atoms with Gasteiger partial charge in [0.1, 0.15) is 0 Å². The zero-order chi connectivity index (χ0) is 14.1. The highest BCUT2D eigenvalue weighted by Gasteiger charge is 2.07. The summed E-state index contributed by atoms with van der Waals surface area (Å²) in [7, 11) is 0. The maximum atomic E-state index is 5.59. The normalized spacial score (nSPS) is 11.2. The Morgan fingerprint density at radius 3 is 2.85 bits per heavy atom. The van der Waals surface area contributed by atoms with Gasteiger partial charge in [-0.05, 0) is 38.5 Å². The zero-order valence-corrected chi connectivity index (χ0v) is 11.8. The van der Waals surface area contributed by atoms with E-state index in [0.29, 0.717) is 5.88 Å². The Balaban J connectivity index is 2.03. The third kappa shape index (κ3) is 2.37. The van der Waals surface area contributed by atoms with Crippen LogP contribution in [0.15, 0.2) is 36.8 Å². The number of aryl methyl sites for hydroxylation is 1. The van der Waals surface area contributed by atoms with Gasteiger partial charge in [-0.25, -0.2) is 4.98 Å². The van der Waals surface area contributed by atoms with Crippen LogP contribution in [0.5, 0.6) is 5.88 Å². The molecule has 2 aromatic heterocycles. The van der Waals surface area contributed by atoms with Crippen molar-refractivity contribution in [3.63, 3.8) is 0 Å². The molecule has 0 radical (unpaired) electrons. The molecule has 0 aliphatic rings. The lowest BCUT2D eigenvalue weighted by Crippen LogP contribution is -2.07. The van der Waals surface area contributed by atoms with Gasteiger partial charge in [-0.3, -0.25) is 4.98 Å². The van der Waals surface area contributed by atoms with E-state index in [9.17, 15) is 0 Å². The number of fused-ring (bicyclic) bond motifs is 1. The van der Waals surface area contributed by atoms with Crippen LogP contribution in [0, 0.1) is 6.92 Å². The van der Waals surface area contributed by atoms with Crippen LogP contribution < -0.4 is 4.74 Å². The lowest BCUT2D eigenvalue weighted by atomic mass is 10.1. The molecule has 0 bridgehead atoms. The van der Waals surface area contributed by atoms with E-state index in [2.05, 4.69) is 34.0 Å². The summed E-state index contributed by atoms with van der Waals surface area (Å²) < 4.78 is 5.59. The molecule has 0 aliphatic carbocycles. The third-order valence-corrected chi connectivity index (χ3v) is 3.15. The van der Waals surface area contributed by atoms with Gasteiger partial charge in [-0.2, -0.15) is 0 Å². The average Bonchev–Trinajstić information content (AvgIpc) is 2.80. The fraction of sp³-hybridized carbons (Fsp3) is 0.250. The molecular weight excluding hydrogens is 250 g/mol. The van der Waals surface area contributed by atoms with E-state index in [1.54, 1.807) is 12.4 Å². The second-order valence-electron chi connectivity index (χ2n) is 5.14. The minimum Gasteiger partial charge on any atom is -0.474 e. The molecule has 2 heterocycles. The number of rotatable bonds is 3. The molecule has 0 amide bonds. The minimum atomic E-state index is 0.0916. The second-order valence-corrected chi connectivity index (χ2v) is 5.14. The Bertz CT molecular complexity index is 746. The highest BCUT2D eigenvalue weighted by molar-refractivity contribution is 5.87. The van der Waals surface area contributed by atoms with Gasteiger partial charge < -0.3 is 9.72 Å². The summed E-state index contributed by atoms with van der Waals surface area (Å²) in [6.07, 6.45) is 5.51. The Hall–Kier alpha value is -2.36. The highest BCUT2D eigenvalue weighted by Crippen LogP contribution is 2.25. The summed E-state index contributed by atoms with van der Waals surface area (Å²) in [5.41, 5.74) is 4.23. The van der Waals surface area contributed by atoms with Crippen molar-refractivity contribution in [2.75, 3.05) is 0 Å². The predicted octanol–water partition coefficient (Wildman–Crippen LogP) is 3.72. The van der Waals surface area contributed by atoms with Crippen molar-refractivity contribution >= 4 is 10.9 Å². The van der Waals surface area contributed by atoms with Crippen LogP contribution in [-0.2, 0) is 0 Å². The quantitative estimate of drug-likeness (QED) is 0.786. The topological polar surface area (TPSA) is 50.8 Å². The number of nitrogens with one attached hydrogen (secondary N) is 1. The van der Waals surface area contributed by atoms with Gasteiger partial charge in [0.15, 0.2) is 0 Å². The fourth-order valence-corrected chi connectivity index (χ4v) is 2.20. The van der Waals surface area contributed by atoms with Crippen molar-refractivity contribution in [2.45, 2.75) is 26.9 Å². The maximum Gasteiger partial charge on any atom is 0.233 e. The van der Waals surface area contributed by atoms with Crippen molar-refractivity contribution in [1.29, 1.82) is 0 Å². The van der Waals surface area contributed by atoms with Gasteiger partial charge in [-0.1, -0.05) is 6.07 Å². The lowest BCUT2D eigenvalue weighted by molar-refractivity contribution is 0.232. The first-order valence-electron chi connectivity index (χ1n) is 6.70. The Morgan fingerprint density at radius 1 is 1.20 bits per heavy atom. The predicted molar refractivity (Wildman–Crippen MR) is 79.8 cm³/mol. The van der Waals surface area contributed by atoms with Gasteiger partial charge in [-0.15, -0.1) is 0 Å². The van der Waals surface area contributed by atoms with Gasteiger partial charge >= 0.3 is 0 Å². The molecule has 0 unspecified atom stereocenters. The number of nitrogens with zero attached hydrogens (tertiary/aromatic N) is 2.